The molecule has 0 amide bonds. The van der Waals surface area contributed by atoms with Crippen LogP contribution in [0.5, 0.6) is 0 Å². The van der Waals surface area contributed by atoms with Gasteiger partial charge < -0.3 is 11.1 Å². The van der Waals surface area contributed by atoms with Gasteiger partial charge in [-0.15, -0.1) is 0 Å². The molecule has 0 saturated heterocycles. The molecule has 15 heavy (non-hydrogen) atoms. The van der Waals surface area contributed by atoms with E-state index >= 15 is 0 Å². The number of hydrogen-bond acceptors (Lipinski definition) is 2. The highest BCUT2D eigenvalue weighted by Gasteiger charge is 2.34. The summed E-state index contributed by atoms with van der Waals surface area (Å²) in [6.45, 7) is 6.51. The highest BCUT2D eigenvalue weighted by Crippen LogP contribution is 2.39. The second kappa shape index (κ2) is 3.53. The molecule has 2 rings (SSSR count). The van der Waals surface area contributed by atoms with E-state index in [2.05, 4.69) is 50.4 Å². The average molecular weight is 204 g/mol. The maximum absolute atomic E-state index is 5.86. The van der Waals surface area contributed by atoms with Gasteiger partial charge in [-0.05, 0) is 44.9 Å². The lowest BCUT2D eigenvalue weighted by Gasteiger charge is -2.22. The second-order valence-corrected chi connectivity index (χ2v) is 5.51. The maximum atomic E-state index is 5.86. The molecule has 2 atom stereocenters. The second-order valence-electron chi connectivity index (χ2n) is 5.51. The predicted octanol–water partition coefficient (Wildman–Crippen LogP) is 2.71. The lowest BCUT2D eigenvalue weighted by atomic mass is 10.1. The first-order chi connectivity index (χ1) is 6.96. The van der Waals surface area contributed by atoms with Gasteiger partial charge >= 0.3 is 0 Å². The van der Waals surface area contributed by atoms with Gasteiger partial charge in [0.1, 0.15) is 0 Å². The Bertz CT molecular complexity index is 352. The molecule has 1 unspecified atom stereocenters. The number of nitrogens with one attached hydrogen (secondary N) is 1. The van der Waals surface area contributed by atoms with Gasteiger partial charge in [0.15, 0.2) is 0 Å². The van der Waals surface area contributed by atoms with Crippen LogP contribution >= 0.6 is 0 Å². The van der Waals surface area contributed by atoms with Crippen LogP contribution in [0.2, 0.25) is 0 Å². The molecule has 1 fully saturated rings. The molecule has 82 valence electrons. The highest BCUT2D eigenvalue weighted by molar-refractivity contribution is 5.49. The molecule has 1 aliphatic rings. The molecule has 2 nitrogen and oxygen atoms in total. The van der Waals surface area contributed by atoms with Gasteiger partial charge in [0.05, 0.1) is 0 Å². The predicted molar refractivity (Wildman–Crippen MR) is 65.2 cm³/mol. The van der Waals surface area contributed by atoms with E-state index in [1.165, 1.54) is 11.3 Å². The van der Waals surface area contributed by atoms with Crippen LogP contribution in [-0.4, -0.2) is 11.6 Å². The third kappa shape index (κ3) is 2.72. The molecule has 0 aromatic heterocycles. The molecule has 0 spiro atoms. The average Bonchev–Trinajstić information content (AvgIpc) is 2.80. The van der Waals surface area contributed by atoms with E-state index in [-0.39, 0.29) is 5.54 Å². The summed E-state index contributed by atoms with van der Waals surface area (Å²) in [4.78, 5) is 0. The highest BCUT2D eigenvalue weighted by atomic mass is 14.9. The van der Waals surface area contributed by atoms with Crippen molar-refractivity contribution in [3.8, 4) is 0 Å². The molecule has 0 radical (unpaired) electrons. The third-order valence-electron chi connectivity index (χ3n) is 2.67. The minimum Gasteiger partial charge on any atom is -0.380 e. The van der Waals surface area contributed by atoms with Gasteiger partial charge in [0.2, 0.25) is 0 Å². The van der Waals surface area contributed by atoms with Crippen molar-refractivity contribution in [2.45, 2.75) is 44.7 Å². The number of rotatable bonds is 2. The van der Waals surface area contributed by atoms with E-state index in [4.69, 9.17) is 5.73 Å². The molecule has 1 aliphatic carbocycles. The minimum atomic E-state index is 0.115. The molecule has 3 N–H and O–H groups in total. The first kappa shape index (κ1) is 10.5. The van der Waals surface area contributed by atoms with Crippen LogP contribution in [-0.2, 0) is 0 Å². The Kier molecular flexibility index (Phi) is 2.47. The van der Waals surface area contributed by atoms with E-state index in [1.807, 2.05) is 0 Å². The van der Waals surface area contributed by atoms with Crippen LogP contribution < -0.4 is 11.1 Å². The van der Waals surface area contributed by atoms with E-state index in [9.17, 15) is 0 Å². The number of nitrogens with two attached hydrogens (primary N) is 1. The topological polar surface area (TPSA) is 38.0 Å². The van der Waals surface area contributed by atoms with Crippen LogP contribution in [0.25, 0.3) is 0 Å². The van der Waals surface area contributed by atoms with Crippen molar-refractivity contribution in [3.05, 3.63) is 29.8 Å². The van der Waals surface area contributed by atoms with Gasteiger partial charge in [-0.2, -0.15) is 0 Å². The first-order valence-corrected chi connectivity index (χ1v) is 5.59. The summed E-state index contributed by atoms with van der Waals surface area (Å²) in [5.74, 6) is 0.590. The van der Waals surface area contributed by atoms with Gasteiger partial charge in [-0.1, -0.05) is 12.1 Å². The zero-order valence-electron chi connectivity index (χ0n) is 9.75. The van der Waals surface area contributed by atoms with Crippen LogP contribution in [0.15, 0.2) is 24.3 Å². The van der Waals surface area contributed by atoms with Crippen molar-refractivity contribution in [2.75, 3.05) is 5.32 Å². The number of benzene rings is 1. The summed E-state index contributed by atoms with van der Waals surface area (Å²) < 4.78 is 0. The van der Waals surface area contributed by atoms with Crippen LogP contribution in [0.3, 0.4) is 0 Å². The smallest absolute Gasteiger partial charge is 0.0347 e. The summed E-state index contributed by atoms with van der Waals surface area (Å²) >= 11 is 0. The van der Waals surface area contributed by atoms with Gasteiger partial charge in [-0.25, -0.2) is 0 Å². The molecular weight excluding hydrogens is 184 g/mol. The monoisotopic (exact) mass is 204 g/mol. The number of anilines is 1. The molecule has 1 aromatic carbocycles. The fraction of sp³-hybridized carbons (Fsp3) is 0.538. The zero-order valence-corrected chi connectivity index (χ0v) is 9.75. The van der Waals surface area contributed by atoms with Crippen LogP contribution in [0.1, 0.15) is 38.7 Å². The molecular formula is C13H20N2. The fourth-order valence-corrected chi connectivity index (χ4v) is 1.88. The molecule has 0 bridgehead atoms. The maximum Gasteiger partial charge on any atom is 0.0347 e. The van der Waals surface area contributed by atoms with Crippen molar-refractivity contribution in [3.63, 3.8) is 0 Å². The molecule has 1 aromatic rings. The third-order valence-corrected chi connectivity index (χ3v) is 2.67. The molecule has 2 heteroatoms. The van der Waals surface area contributed by atoms with E-state index in [1.54, 1.807) is 0 Å². The van der Waals surface area contributed by atoms with E-state index in [0.717, 1.165) is 6.42 Å². The Morgan fingerprint density at radius 2 is 2.00 bits per heavy atom. The van der Waals surface area contributed by atoms with Crippen molar-refractivity contribution in [2.24, 2.45) is 5.73 Å². The number of hydrogen-bond donors (Lipinski definition) is 2. The molecule has 0 aliphatic heterocycles. The Morgan fingerprint density at radius 3 is 2.53 bits per heavy atom. The molecule has 0 heterocycles. The van der Waals surface area contributed by atoms with Crippen molar-refractivity contribution < 1.29 is 0 Å². The lowest BCUT2D eigenvalue weighted by molar-refractivity contribution is 0.634. The Balaban J connectivity index is 2.13. The SMILES string of the molecule is CC(C)(C)Nc1cccc(C2C[C@H]2N)c1. The minimum absolute atomic E-state index is 0.115. The van der Waals surface area contributed by atoms with Gasteiger partial charge in [-0.3, -0.25) is 0 Å². The quantitative estimate of drug-likeness (QED) is 0.777. The zero-order chi connectivity index (χ0) is 11.1. The van der Waals surface area contributed by atoms with E-state index in [0.29, 0.717) is 12.0 Å². The van der Waals surface area contributed by atoms with Crippen molar-refractivity contribution in [1.29, 1.82) is 0 Å². The van der Waals surface area contributed by atoms with Gasteiger partial charge in [0, 0.05) is 23.2 Å². The lowest BCUT2D eigenvalue weighted by Crippen LogP contribution is -2.26. The van der Waals surface area contributed by atoms with E-state index < -0.39 is 0 Å². The standard InChI is InChI=1S/C13H20N2/c1-13(2,3)15-10-6-4-5-9(7-10)11-8-12(11)14/h4-7,11-12,15H,8,14H2,1-3H3/t11?,12-/m1/s1. The van der Waals surface area contributed by atoms with Crippen LogP contribution in [0, 0.1) is 0 Å². The summed E-state index contributed by atoms with van der Waals surface area (Å²) in [7, 11) is 0. The van der Waals surface area contributed by atoms with Gasteiger partial charge in [0.25, 0.3) is 0 Å². The first-order valence-electron chi connectivity index (χ1n) is 5.59. The summed E-state index contributed by atoms with van der Waals surface area (Å²) in [6.07, 6.45) is 1.14. The Morgan fingerprint density at radius 1 is 1.33 bits per heavy atom. The normalized spacial score (nSPS) is 25.1. The largest absolute Gasteiger partial charge is 0.380 e. The summed E-state index contributed by atoms with van der Waals surface area (Å²) in [5, 5.41) is 3.48. The Hall–Kier alpha value is -1.02. The molecule has 1 saturated carbocycles. The van der Waals surface area contributed by atoms with Crippen molar-refractivity contribution >= 4 is 5.69 Å². The van der Waals surface area contributed by atoms with Crippen molar-refractivity contribution in [1.82, 2.24) is 0 Å². The summed E-state index contributed by atoms with van der Waals surface area (Å²) in [6, 6.07) is 9.00. The fourth-order valence-electron chi connectivity index (χ4n) is 1.88. The van der Waals surface area contributed by atoms with Crippen LogP contribution in [0.4, 0.5) is 5.69 Å². The Labute approximate surface area is 91.9 Å². The summed E-state index contributed by atoms with van der Waals surface area (Å²) in [5.41, 5.74) is 8.54.